The average molecular weight is 462 g/mol. The summed E-state index contributed by atoms with van der Waals surface area (Å²) in [7, 11) is 0. The summed E-state index contributed by atoms with van der Waals surface area (Å²) in [4.78, 5) is 38.4. The number of rotatable bonds is 5. The molecule has 0 spiro atoms. The Hall–Kier alpha value is -3.30. The molecule has 2 aromatic heterocycles. The Morgan fingerprint density at radius 1 is 1.03 bits per heavy atom. The molecular weight excluding hydrogens is 448 g/mol. The summed E-state index contributed by atoms with van der Waals surface area (Å²) < 4.78 is 30.3. The fourth-order valence-electron chi connectivity index (χ4n) is 3.15. The molecule has 1 amide bonds. The third-order valence-corrected chi connectivity index (χ3v) is 5.76. The van der Waals surface area contributed by atoms with Crippen LogP contribution >= 0.6 is 22.9 Å². The van der Waals surface area contributed by atoms with E-state index in [1.165, 1.54) is 30.3 Å². The topological polar surface area (TPSA) is 73.1 Å². The van der Waals surface area contributed by atoms with Crippen LogP contribution in [0.15, 0.2) is 63.5 Å². The zero-order valence-electron chi connectivity index (χ0n) is 15.8. The van der Waals surface area contributed by atoms with Gasteiger partial charge in [-0.1, -0.05) is 29.8 Å². The van der Waals surface area contributed by atoms with Gasteiger partial charge >= 0.3 is 5.69 Å². The summed E-state index contributed by atoms with van der Waals surface area (Å²) in [6.45, 7) is -0.753. The zero-order chi connectivity index (χ0) is 22.1. The minimum atomic E-state index is -0.772. The Labute approximate surface area is 182 Å². The molecule has 4 aromatic rings. The number of benzene rings is 2. The van der Waals surface area contributed by atoms with Crippen LogP contribution in [0.2, 0.25) is 5.02 Å². The van der Waals surface area contributed by atoms with Crippen LogP contribution in [0.1, 0.15) is 5.56 Å². The summed E-state index contributed by atoms with van der Waals surface area (Å²) in [5.41, 5.74) is -0.999. The molecule has 0 radical (unpaired) electrons. The van der Waals surface area contributed by atoms with Gasteiger partial charge in [0.25, 0.3) is 5.56 Å². The van der Waals surface area contributed by atoms with Crippen molar-refractivity contribution in [2.24, 2.45) is 0 Å². The Balaban J connectivity index is 1.73. The fourth-order valence-corrected chi connectivity index (χ4v) is 4.15. The molecule has 0 aliphatic heterocycles. The van der Waals surface area contributed by atoms with Crippen molar-refractivity contribution in [2.75, 3.05) is 5.32 Å². The van der Waals surface area contributed by atoms with Crippen LogP contribution in [0.5, 0.6) is 0 Å². The summed E-state index contributed by atoms with van der Waals surface area (Å²) >= 11 is 6.82. The highest BCUT2D eigenvalue weighted by molar-refractivity contribution is 7.17. The molecule has 2 aromatic carbocycles. The highest BCUT2D eigenvalue weighted by Gasteiger charge is 2.18. The van der Waals surface area contributed by atoms with Crippen LogP contribution in [0.4, 0.5) is 14.5 Å². The largest absolute Gasteiger partial charge is 0.332 e. The number of hydrogen-bond acceptors (Lipinski definition) is 4. The summed E-state index contributed by atoms with van der Waals surface area (Å²) in [5, 5.41) is 4.18. The molecule has 31 heavy (non-hydrogen) atoms. The zero-order valence-corrected chi connectivity index (χ0v) is 17.3. The van der Waals surface area contributed by atoms with Crippen LogP contribution in [0.3, 0.4) is 0 Å². The van der Waals surface area contributed by atoms with E-state index in [1.54, 1.807) is 17.5 Å². The van der Waals surface area contributed by atoms with E-state index < -0.39 is 35.3 Å². The average Bonchev–Trinajstić information content (AvgIpc) is 3.22. The van der Waals surface area contributed by atoms with Gasteiger partial charge in [0.1, 0.15) is 22.9 Å². The van der Waals surface area contributed by atoms with Gasteiger partial charge < -0.3 is 5.32 Å². The van der Waals surface area contributed by atoms with Crippen LogP contribution < -0.4 is 16.6 Å². The molecule has 158 valence electrons. The molecule has 0 aliphatic rings. The number of nitrogens with one attached hydrogen (secondary N) is 1. The highest BCUT2D eigenvalue weighted by Crippen LogP contribution is 2.20. The lowest BCUT2D eigenvalue weighted by atomic mass is 10.2. The molecule has 0 atom stereocenters. The summed E-state index contributed by atoms with van der Waals surface area (Å²) in [5.74, 6) is -1.95. The van der Waals surface area contributed by atoms with Gasteiger partial charge in [-0.2, -0.15) is 0 Å². The van der Waals surface area contributed by atoms with E-state index in [2.05, 4.69) is 5.32 Å². The Kier molecular flexibility index (Phi) is 5.71. The Bertz CT molecular complexity index is 1430. The minimum Gasteiger partial charge on any atom is -0.322 e. The molecule has 0 saturated heterocycles. The third kappa shape index (κ3) is 4.14. The van der Waals surface area contributed by atoms with Crippen molar-refractivity contribution in [3.8, 4) is 0 Å². The molecule has 2 heterocycles. The smallest absolute Gasteiger partial charge is 0.322 e. The number of halogens is 3. The molecule has 0 saturated carbocycles. The summed E-state index contributed by atoms with van der Waals surface area (Å²) in [6, 6.07) is 11.1. The Morgan fingerprint density at radius 3 is 2.55 bits per heavy atom. The SMILES string of the molecule is O=C(Cn1c(=O)n(Cc2ccccc2F)c(=O)c2sccc21)Nc1ccc(Cl)cc1F. The van der Waals surface area contributed by atoms with Crippen molar-refractivity contribution in [1.82, 2.24) is 9.13 Å². The molecule has 1 N–H and O–H groups in total. The molecule has 0 unspecified atom stereocenters. The molecule has 4 rings (SSSR count). The number of nitrogens with zero attached hydrogens (tertiary/aromatic N) is 2. The van der Waals surface area contributed by atoms with Crippen LogP contribution in [-0.2, 0) is 17.9 Å². The first kappa shape index (κ1) is 21.0. The lowest BCUT2D eigenvalue weighted by Crippen LogP contribution is -2.41. The monoisotopic (exact) mass is 461 g/mol. The van der Waals surface area contributed by atoms with E-state index in [9.17, 15) is 23.2 Å². The normalized spacial score (nSPS) is 11.1. The fraction of sp³-hybridized carbons (Fsp3) is 0.0952. The van der Waals surface area contributed by atoms with Crippen molar-refractivity contribution < 1.29 is 13.6 Å². The number of fused-ring (bicyclic) bond motifs is 1. The van der Waals surface area contributed by atoms with Gasteiger partial charge in [-0.15, -0.1) is 11.3 Å². The first-order chi connectivity index (χ1) is 14.8. The lowest BCUT2D eigenvalue weighted by Gasteiger charge is -2.13. The van der Waals surface area contributed by atoms with Gasteiger partial charge in [0.05, 0.1) is 17.7 Å². The standard InChI is InChI=1S/C21H14ClF2N3O3S/c22-13-5-6-16(15(24)9-13)25-18(28)11-26-17-7-8-31-19(17)20(29)27(21(26)30)10-12-3-1-2-4-14(12)23/h1-9H,10-11H2,(H,25,28). The predicted molar refractivity (Wildman–Crippen MR) is 116 cm³/mol. The van der Waals surface area contributed by atoms with Crippen molar-refractivity contribution in [3.05, 3.63) is 97.0 Å². The molecule has 0 aliphatic carbocycles. The first-order valence-electron chi connectivity index (χ1n) is 9.04. The van der Waals surface area contributed by atoms with E-state index in [0.29, 0.717) is 0 Å². The van der Waals surface area contributed by atoms with Crippen LogP contribution in [0.25, 0.3) is 10.2 Å². The maximum Gasteiger partial charge on any atom is 0.332 e. The number of anilines is 1. The van der Waals surface area contributed by atoms with Crippen LogP contribution in [-0.4, -0.2) is 15.0 Å². The van der Waals surface area contributed by atoms with Gasteiger partial charge in [-0.25, -0.2) is 13.6 Å². The third-order valence-electron chi connectivity index (χ3n) is 4.63. The van der Waals surface area contributed by atoms with E-state index in [-0.39, 0.29) is 33.0 Å². The van der Waals surface area contributed by atoms with E-state index >= 15 is 0 Å². The van der Waals surface area contributed by atoms with Gasteiger partial charge in [0, 0.05) is 10.6 Å². The number of thiophene rings is 1. The van der Waals surface area contributed by atoms with Crippen LogP contribution in [0, 0.1) is 11.6 Å². The number of carbonyl (C=O) groups is 1. The molecule has 0 fully saturated rings. The second kappa shape index (κ2) is 8.44. The Morgan fingerprint density at radius 2 is 1.81 bits per heavy atom. The number of carbonyl (C=O) groups excluding carboxylic acids is 1. The van der Waals surface area contributed by atoms with E-state index in [0.717, 1.165) is 26.5 Å². The molecule has 10 heteroatoms. The highest BCUT2D eigenvalue weighted by atomic mass is 35.5. The van der Waals surface area contributed by atoms with Crippen molar-refractivity contribution in [3.63, 3.8) is 0 Å². The molecule has 6 nitrogen and oxygen atoms in total. The van der Waals surface area contributed by atoms with Gasteiger partial charge in [0.2, 0.25) is 5.91 Å². The number of hydrogen-bond donors (Lipinski definition) is 1. The molecular formula is C21H14ClF2N3O3S. The minimum absolute atomic E-state index is 0.0938. The maximum atomic E-state index is 14.1. The van der Waals surface area contributed by atoms with Gasteiger partial charge in [-0.05, 0) is 35.7 Å². The second-order valence-electron chi connectivity index (χ2n) is 6.66. The van der Waals surface area contributed by atoms with E-state index in [4.69, 9.17) is 11.6 Å². The molecule has 0 bridgehead atoms. The maximum absolute atomic E-state index is 14.1. The lowest BCUT2D eigenvalue weighted by molar-refractivity contribution is -0.116. The van der Waals surface area contributed by atoms with Gasteiger partial charge in [0.15, 0.2) is 0 Å². The van der Waals surface area contributed by atoms with Crippen molar-refractivity contribution in [1.29, 1.82) is 0 Å². The number of aromatic nitrogens is 2. The van der Waals surface area contributed by atoms with Crippen molar-refractivity contribution >= 4 is 44.7 Å². The van der Waals surface area contributed by atoms with E-state index in [1.807, 2.05) is 0 Å². The first-order valence-corrected chi connectivity index (χ1v) is 10.3. The quantitative estimate of drug-likeness (QED) is 0.490. The number of amides is 1. The summed E-state index contributed by atoms with van der Waals surface area (Å²) in [6.07, 6.45) is 0. The van der Waals surface area contributed by atoms with Gasteiger partial charge in [-0.3, -0.25) is 18.7 Å². The predicted octanol–water partition coefficient (Wildman–Crippen LogP) is 3.84. The van der Waals surface area contributed by atoms with Crippen molar-refractivity contribution in [2.45, 2.75) is 13.1 Å². The second-order valence-corrected chi connectivity index (χ2v) is 8.01.